The fourth-order valence-electron chi connectivity index (χ4n) is 3.43. The molecule has 0 aromatic carbocycles. The first-order valence-electron chi connectivity index (χ1n) is 8.25. The minimum atomic E-state index is 0.111. The van der Waals surface area contributed by atoms with Crippen LogP contribution < -0.4 is 0 Å². The number of likely N-dealkylation sites (tertiary alicyclic amines) is 1. The molecule has 2 aromatic heterocycles. The molecule has 1 aliphatic heterocycles. The smallest absolute Gasteiger partial charge is 0.257 e. The van der Waals surface area contributed by atoms with Crippen LogP contribution in [0.5, 0.6) is 0 Å². The molecule has 0 radical (unpaired) electrons. The molecule has 1 amide bonds. The van der Waals surface area contributed by atoms with Crippen LogP contribution in [0.15, 0.2) is 10.7 Å². The number of carbonyl (C=O) groups is 1. The summed E-state index contributed by atoms with van der Waals surface area (Å²) in [6.07, 6.45) is 5.79. The van der Waals surface area contributed by atoms with Crippen molar-refractivity contribution < 1.29 is 9.32 Å². The third kappa shape index (κ3) is 2.64. The zero-order valence-electron chi connectivity index (χ0n) is 13.5. The van der Waals surface area contributed by atoms with Gasteiger partial charge in [-0.25, -0.2) is 0 Å². The molecule has 0 atom stereocenters. The summed E-state index contributed by atoms with van der Waals surface area (Å²) in [5.74, 6) is 2.26. The second-order valence-electron chi connectivity index (χ2n) is 6.59. The Balaban J connectivity index is 1.45. The van der Waals surface area contributed by atoms with Gasteiger partial charge in [0, 0.05) is 32.0 Å². The van der Waals surface area contributed by atoms with Gasteiger partial charge in [0.2, 0.25) is 5.89 Å². The summed E-state index contributed by atoms with van der Waals surface area (Å²) >= 11 is 0. The summed E-state index contributed by atoms with van der Waals surface area (Å²) in [6, 6.07) is 0. The maximum absolute atomic E-state index is 12.8. The maximum Gasteiger partial charge on any atom is 0.257 e. The van der Waals surface area contributed by atoms with Gasteiger partial charge in [-0.15, -0.1) is 0 Å². The molecule has 1 saturated heterocycles. The average molecular weight is 315 g/mol. The molecule has 0 unspecified atom stereocenters. The zero-order valence-corrected chi connectivity index (χ0v) is 13.5. The van der Waals surface area contributed by atoms with Gasteiger partial charge < -0.3 is 9.42 Å². The van der Waals surface area contributed by atoms with E-state index >= 15 is 0 Å². The first-order chi connectivity index (χ1) is 11.1. The highest BCUT2D eigenvalue weighted by Gasteiger charge is 2.34. The Hall–Kier alpha value is -2.18. The van der Waals surface area contributed by atoms with Gasteiger partial charge in [-0.2, -0.15) is 10.1 Å². The molecule has 23 heavy (non-hydrogen) atoms. The molecule has 7 heteroatoms. The Morgan fingerprint density at radius 2 is 1.96 bits per heavy atom. The van der Waals surface area contributed by atoms with Crippen molar-refractivity contribution in [3.8, 4) is 0 Å². The quantitative estimate of drug-likeness (QED) is 0.866. The van der Waals surface area contributed by atoms with Gasteiger partial charge in [-0.1, -0.05) is 5.16 Å². The van der Waals surface area contributed by atoms with Crippen molar-refractivity contribution in [3.05, 3.63) is 29.2 Å². The molecule has 1 saturated carbocycles. The normalized spacial score (nSPS) is 19.3. The highest BCUT2D eigenvalue weighted by atomic mass is 16.5. The summed E-state index contributed by atoms with van der Waals surface area (Å²) in [6.45, 7) is 3.28. The van der Waals surface area contributed by atoms with Crippen LogP contribution in [0.25, 0.3) is 0 Å². The molecule has 0 N–H and O–H groups in total. The van der Waals surface area contributed by atoms with Crippen molar-refractivity contribution in [2.24, 2.45) is 7.05 Å². The number of carbonyl (C=O) groups excluding carboxylic acids is 1. The minimum absolute atomic E-state index is 0.111. The summed E-state index contributed by atoms with van der Waals surface area (Å²) in [5.41, 5.74) is 1.88. The Bertz CT molecular complexity index is 723. The van der Waals surface area contributed by atoms with E-state index < -0.39 is 0 Å². The van der Waals surface area contributed by atoms with Crippen molar-refractivity contribution in [2.75, 3.05) is 13.1 Å². The first kappa shape index (κ1) is 14.4. The van der Waals surface area contributed by atoms with Crippen LogP contribution in [0.2, 0.25) is 0 Å². The van der Waals surface area contributed by atoms with E-state index in [4.69, 9.17) is 4.52 Å². The molecule has 122 valence electrons. The lowest BCUT2D eigenvalue weighted by atomic mass is 9.96. The van der Waals surface area contributed by atoms with Gasteiger partial charge in [-0.05, 0) is 32.6 Å². The summed E-state index contributed by atoms with van der Waals surface area (Å²) in [4.78, 5) is 19.1. The number of amides is 1. The summed E-state index contributed by atoms with van der Waals surface area (Å²) in [5, 5.41) is 8.15. The molecular formula is C16H21N5O2. The summed E-state index contributed by atoms with van der Waals surface area (Å²) in [7, 11) is 1.93. The summed E-state index contributed by atoms with van der Waals surface area (Å²) < 4.78 is 7.13. The molecular weight excluding hydrogens is 294 g/mol. The Morgan fingerprint density at radius 1 is 1.22 bits per heavy atom. The third-order valence-corrected chi connectivity index (χ3v) is 4.85. The molecule has 4 rings (SSSR count). The van der Waals surface area contributed by atoms with Crippen molar-refractivity contribution in [1.82, 2.24) is 24.8 Å². The van der Waals surface area contributed by atoms with Gasteiger partial charge >= 0.3 is 0 Å². The van der Waals surface area contributed by atoms with Crippen molar-refractivity contribution in [3.63, 3.8) is 0 Å². The Morgan fingerprint density at radius 3 is 2.57 bits per heavy atom. The molecule has 2 aliphatic rings. The van der Waals surface area contributed by atoms with Gasteiger partial charge in [0.1, 0.15) is 0 Å². The number of aromatic nitrogens is 4. The molecule has 2 fully saturated rings. The first-order valence-corrected chi connectivity index (χ1v) is 8.25. The van der Waals surface area contributed by atoms with E-state index in [0.29, 0.717) is 17.6 Å². The van der Waals surface area contributed by atoms with Crippen LogP contribution in [0.3, 0.4) is 0 Å². The molecule has 2 aromatic rings. The highest BCUT2D eigenvalue weighted by molar-refractivity contribution is 5.95. The topological polar surface area (TPSA) is 77.0 Å². The largest absolute Gasteiger partial charge is 0.339 e. The Kier molecular flexibility index (Phi) is 3.43. The standard InChI is InChI=1S/C16H21N5O2/c1-10-18-15(23-19-10)12-5-7-21(8-6-12)16(22)13-9-17-20(2)14(13)11-3-4-11/h9,11-12H,3-8H2,1-2H3. The number of piperidine rings is 1. The predicted octanol–water partition coefficient (Wildman–Crippen LogP) is 2.01. The highest BCUT2D eigenvalue weighted by Crippen LogP contribution is 2.41. The van der Waals surface area contributed by atoms with Crippen LogP contribution >= 0.6 is 0 Å². The minimum Gasteiger partial charge on any atom is -0.339 e. The lowest BCUT2D eigenvalue weighted by molar-refractivity contribution is 0.0703. The second kappa shape index (κ2) is 5.47. The van der Waals surface area contributed by atoms with Crippen molar-refractivity contribution in [1.29, 1.82) is 0 Å². The number of aryl methyl sites for hydroxylation is 2. The van der Waals surface area contributed by atoms with Crippen LogP contribution in [0, 0.1) is 6.92 Å². The Labute approximate surface area is 134 Å². The monoisotopic (exact) mass is 315 g/mol. The van der Waals surface area contributed by atoms with Gasteiger partial charge in [0.15, 0.2) is 5.82 Å². The van der Waals surface area contributed by atoms with Gasteiger partial charge in [0.25, 0.3) is 5.91 Å². The zero-order chi connectivity index (χ0) is 16.0. The van der Waals surface area contributed by atoms with E-state index in [2.05, 4.69) is 15.2 Å². The van der Waals surface area contributed by atoms with Crippen LogP contribution in [-0.2, 0) is 7.05 Å². The molecule has 3 heterocycles. The van der Waals surface area contributed by atoms with Crippen LogP contribution in [-0.4, -0.2) is 43.8 Å². The SMILES string of the molecule is Cc1noc(C2CCN(C(=O)c3cnn(C)c3C3CC3)CC2)n1. The van der Waals surface area contributed by atoms with Gasteiger partial charge in [-0.3, -0.25) is 9.48 Å². The lowest BCUT2D eigenvalue weighted by Gasteiger charge is -2.30. The van der Waals surface area contributed by atoms with E-state index in [-0.39, 0.29) is 11.8 Å². The molecule has 1 aliphatic carbocycles. The van der Waals surface area contributed by atoms with E-state index in [1.165, 1.54) is 12.8 Å². The number of rotatable bonds is 3. The van der Waals surface area contributed by atoms with Crippen LogP contribution in [0.4, 0.5) is 0 Å². The fraction of sp³-hybridized carbons (Fsp3) is 0.625. The van der Waals surface area contributed by atoms with E-state index in [0.717, 1.165) is 37.2 Å². The molecule has 0 spiro atoms. The number of hydrogen-bond donors (Lipinski definition) is 0. The van der Waals surface area contributed by atoms with E-state index in [1.807, 2.05) is 23.6 Å². The predicted molar refractivity (Wildman–Crippen MR) is 82.1 cm³/mol. The van der Waals surface area contributed by atoms with E-state index in [1.54, 1.807) is 6.20 Å². The average Bonchev–Trinajstić information content (AvgIpc) is 3.19. The third-order valence-electron chi connectivity index (χ3n) is 4.85. The maximum atomic E-state index is 12.8. The number of nitrogens with zero attached hydrogens (tertiary/aromatic N) is 5. The number of hydrogen-bond acceptors (Lipinski definition) is 5. The lowest BCUT2D eigenvalue weighted by Crippen LogP contribution is -2.38. The molecule has 0 bridgehead atoms. The van der Waals surface area contributed by atoms with E-state index in [9.17, 15) is 4.79 Å². The van der Waals surface area contributed by atoms with Crippen molar-refractivity contribution >= 4 is 5.91 Å². The second-order valence-corrected chi connectivity index (χ2v) is 6.59. The van der Waals surface area contributed by atoms with Crippen LogP contribution in [0.1, 0.15) is 65.3 Å². The van der Waals surface area contributed by atoms with Crippen molar-refractivity contribution in [2.45, 2.75) is 44.4 Å². The fourth-order valence-corrected chi connectivity index (χ4v) is 3.43. The molecule has 7 nitrogen and oxygen atoms in total. The van der Waals surface area contributed by atoms with Gasteiger partial charge in [0.05, 0.1) is 17.5 Å².